The second-order valence-corrected chi connectivity index (χ2v) is 2.44. The highest BCUT2D eigenvalue weighted by atomic mass is 32.1. The van der Waals surface area contributed by atoms with Crippen molar-refractivity contribution >= 4 is 22.6 Å². The summed E-state index contributed by atoms with van der Waals surface area (Å²) < 4.78 is 0. The molecule has 0 fully saturated rings. The molecular formula is C6H3NS. The quantitative estimate of drug-likeness (QED) is 0.497. The summed E-state index contributed by atoms with van der Waals surface area (Å²) in [6.45, 7) is 0. The Morgan fingerprint density at radius 3 is 3.50 bits per heavy atom. The predicted molar refractivity (Wildman–Crippen MR) is 34.8 cm³/mol. The van der Waals surface area contributed by atoms with E-state index in [1.54, 1.807) is 17.6 Å². The predicted octanol–water partition coefficient (Wildman–Crippen LogP) is 1.89. The number of aliphatic imine (C=N–C) groups is 1. The zero-order valence-electron chi connectivity index (χ0n) is 4.09. The first-order valence-corrected chi connectivity index (χ1v) is 3.21. The Morgan fingerprint density at radius 1 is 1.62 bits per heavy atom. The fourth-order valence-corrected chi connectivity index (χ4v) is 1.37. The minimum Gasteiger partial charge on any atom is -0.249 e. The summed E-state index contributed by atoms with van der Waals surface area (Å²) in [4.78, 5) is 4.04. The van der Waals surface area contributed by atoms with Crippen LogP contribution in [0.5, 0.6) is 0 Å². The van der Waals surface area contributed by atoms with Gasteiger partial charge in [0.05, 0.1) is 6.42 Å². The molecule has 1 aliphatic heterocycles. The van der Waals surface area contributed by atoms with Crippen molar-refractivity contribution < 1.29 is 0 Å². The molecule has 8 heavy (non-hydrogen) atoms. The van der Waals surface area contributed by atoms with Crippen LogP contribution in [0.3, 0.4) is 0 Å². The number of hydrogen-bond donors (Lipinski definition) is 0. The average Bonchev–Trinajstić information content (AvgIpc) is 2.15. The van der Waals surface area contributed by atoms with E-state index in [9.17, 15) is 0 Å². The zero-order chi connectivity index (χ0) is 5.40. The second kappa shape index (κ2) is 1.42. The van der Waals surface area contributed by atoms with E-state index >= 15 is 0 Å². The number of nitrogens with zero attached hydrogens (tertiary/aromatic N) is 1. The van der Waals surface area contributed by atoms with Crippen molar-refractivity contribution in [1.29, 1.82) is 0 Å². The van der Waals surface area contributed by atoms with Crippen LogP contribution in [0.2, 0.25) is 0 Å². The summed E-state index contributed by atoms with van der Waals surface area (Å²) in [7, 11) is 0. The fraction of sp³-hybridized carbons (Fsp3) is 0. The molecule has 1 aliphatic rings. The zero-order valence-corrected chi connectivity index (χ0v) is 4.90. The first kappa shape index (κ1) is 4.27. The highest BCUT2D eigenvalue weighted by Gasteiger charge is 2.05. The SMILES string of the molecule is [C]1C=Nc2sccc21. The lowest BCUT2D eigenvalue weighted by Crippen LogP contribution is -1.65. The summed E-state index contributed by atoms with van der Waals surface area (Å²) in [5.74, 6) is 0. The van der Waals surface area contributed by atoms with Crippen molar-refractivity contribution in [3.05, 3.63) is 23.4 Å². The van der Waals surface area contributed by atoms with Gasteiger partial charge in [0, 0.05) is 11.8 Å². The van der Waals surface area contributed by atoms with Gasteiger partial charge < -0.3 is 0 Å². The van der Waals surface area contributed by atoms with Gasteiger partial charge in [-0.15, -0.1) is 11.3 Å². The number of fused-ring (bicyclic) bond motifs is 1. The normalized spacial score (nSPS) is 14.5. The van der Waals surface area contributed by atoms with Gasteiger partial charge in [-0.05, 0) is 11.4 Å². The van der Waals surface area contributed by atoms with Crippen LogP contribution in [0, 0.1) is 6.42 Å². The average molecular weight is 121 g/mol. The van der Waals surface area contributed by atoms with Gasteiger partial charge in [0.1, 0.15) is 5.00 Å². The summed E-state index contributed by atoms with van der Waals surface area (Å²) in [5, 5.41) is 3.11. The molecule has 1 nitrogen and oxygen atoms in total. The number of rotatable bonds is 0. The molecule has 0 atom stereocenters. The van der Waals surface area contributed by atoms with E-state index in [1.165, 1.54) is 0 Å². The molecule has 2 radical (unpaired) electrons. The maximum atomic E-state index is 4.04. The largest absolute Gasteiger partial charge is 0.249 e. The Balaban J connectivity index is 2.67. The van der Waals surface area contributed by atoms with Gasteiger partial charge in [-0.25, -0.2) is 4.99 Å². The van der Waals surface area contributed by atoms with Gasteiger partial charge in [0.25, 0.3) is 0 Å². The molecule has 1 aromatic heterocycles. The molecule has 2 heteroatoms. The van der Waals surface area contributed by atoms with Crippen LogP contribution in [0.15, 0.2) is 16.4 Å². The molecule has 0 N–H and O–H groups in total. The van der Waals surface area contributed by atoms with Gasteiger partial charge in [0.2, 0.25) is 0 Å². The van der Waals surface area contributed by atoms with Gasteiger partial charge in [-0.1, -0.05) is 0 Å². The summed E-state index contributed by atoms with van der Waals surface area (Å²) in [6.07, 6.45) is 4.71. The van der Waals surface area contributed by atoms with E-state index in [4.69, 9.17) is 0 Å². The van der Waals surface area contributed by atoms with Gasteiger partial charge >= 0.3 is 0 Å². The fourth-order valence-electron chi connectivity index (χ4n) is 0.672. The minimum atomic E-state index is 1.09. The molecule has 2 rings (SSSR count). The molecule has 2 heterocycles. The van der Waals surface area contributed by atoms with Crippen LogP contribution < -0.4 is 0 Å². The Hall–Kier alpha value is -0.630. The Labute approximate surface area is 51.7 Å². The smallest absolute Gasteiger partial charge is 0.119 e. The van der Waals surface area contributed by atoms with Crippen molar-refractivity contribution in [1.82, 2.24) is 0 Å². The summed E-state index contributed by atoms with van der Waals surface area (Å²) in [5.41, 5.74) is 1.13. The van der Waals surface area contributed by atoms with Crippen molar-refractivity contribution in [2.24, 2.45) is 4.99 Å². The van der Waals surface area contributed by atoms with Crippen LogP contribution in [-0.4, -0.2) is 6.21 Å². The first-order chi connectivity index (χ1) is 3.97. The lowest BCUT2D eigenvalue weighted by Gasteiger charge is -1.76. The minimum absolute atomic E-state index is 1.09. The Kier molecular flexibility index (Phi) is 0.758. The molecule has 38 valence electrons. The van der Waals surface area contributed by atoms with Crippen LogP contribution in [0.25, 0.3) is 0 Å². The lowest BCUT2D eigenvalue weighted by atomic mass is 10.3. The van der Waals surface area contributed by atoms with E-state index in [-0.39, 0.29) is 0 Å². The standard InChI is InChI=1S/C6H3NS/c1-3-7-6-5(1)2-4-8-6/h2-4H. The molecule has 0 spiro atoms. The van der Waals surface area contributed by atoms with Crippen molar-refractivity contribution in [3.63, 3.8) is 0 Å². The van der Waals surface area contributed by atoms with Crippen molar-refractivity contribution in [3.8, 4) is 0 Å². The molecule has 0 saturated carbocycles. The molecular weight excluding hydrogens is 118 g/mol. The van der Waals surface area contributed by atoms with Gasteiger partial charge in [-0.2, -0.15) is 0 Å². The van der Waals surface area contributed by atoms with E-state index < -0.39 is 0 Å². The molecule has 0 aliphatic carbocycles. The van der Waals surface area contributed by atoms with E-state index in [1.807, 2.05) is 11.4 Å². The number of hydrogen-bond acceptors (Lipinski definition) is 2. The first-order valence-electron chi connectivity index (χ1n) is 2.33. The third-order valence-corrected chi connectivity index (χ3v) is 1.87. The molecule has 0 bridgehead atoms. The lowest BCUT2D eigenvalue weighted by molar-refractivity contribution is 1.67. The molecule has 0 aromatic carbocycles. The molecule has 1 aromatic rings. The second-order valence-electron chi connectivity index (χ2n) is 1.54. The summed E-state index contributed by atoms with van der Waals surface area (Å²) in [6, 6.07) is 2.02. The van der Waals surface area contributed by atoms with Crippen LogP contribution in [-0.2, 0) is 0 Å². The monoisotopic (exact) mass is 121 g/mol. The Bertz CT molecular complexity index is 224. The van der Waals surface area contributed by atoms with E-state index in [0.717, 1.165) is 10.6 Å². The topological polar surface area (TPSA) is 12.4 Å². The van der Waals surface area contributed by atoms with Crippen LogP contribution in [0.1, 0.15) is 5.56 Å². The van der Waals surface area contributed by atoms with Crippen LogP contribution in [0.4, 0.5) is 5.00 Å². The third kappa shape index (κ3) is 0.434. The van der Waals surface area contributed by atoms with Crippen molar-refractivity contribution in [2.45, 2.75) is 0 Å². The molecule has 0 saturated heterocycles. The molecule has 0 amide bonds. The highest BCUT2D eigenvalue weighted by Crippen LogP contribution is 2.30. The number of thiophene rings is 1. The van der Waals surface area contributed by atoms with Crippen LogP contribution >= 0.6 is 11.3 Å². The Morgan fingerprint density at radius 2 is 2.62 bits per heavy atom. The van der Waals surface area contributed by atoms with Gasteiger partial charge in [-0.3, -0.25) is 0 Å². The summed E-state index contributed by atoms with van der Waals surface area (Å²) >= 11 is 1.65. The highest BCUT2D eigenvalue weighted by molar-refractivity contribution is 7.14. The van der Waals surface area contributed by atoms with E-state index in [0.29, 0.717) is 0 Å². The maximum absolute atomic E-state index is 4.04. The van der Waals surface area contributed by atoms with Gasteiger partial charge in [0.15, 0.2) is 0 Å². The molecule has 0 unspecified atom stereocenters. The van der Waals surface area contributed by atoms with Crippen molar-refractivity contribution in [2.75, 3.05) is 0 Å². The third-order valence-electron chi connectivity index (χ3n) is 1.05. The maximum Gasteiger partial charge on any atom is 0.119 e. The van der Waals surface area contributed by atoms with E-state index in [2.05, 4.69) is 11.4 Å².